The Hall–Kier alpha value is -3.49. The molecular weight excluding hydrogens is 463 g/mol. The molecule has 188 valence electrons. The molecule has 0 bridgehead atoms. The van der Waals surface area contributed by atoms with Crippen molar-refractivity contribution in [3.05, 3.63) is 46.8 Å². The molecule has 4 atom stereocenters. The molecule has 0 aromatic carbocycles. The molecule has 3 aromatic heterocycles. The Kier molecular flexibility index (Phi) is 5.46. The van der Waals surface area contributed by atoms with Crippen molar-refractivity contribution in [3.8, 4) is 6.07 Å². The standard InChI is InChI=1S/C25H29FN8O2/c1-14-6-18-20(12-32(14)25(35)23-10-28-8-16(3)36-23)30-33-15(2)11-31(13-22(18)33)21-5-4-17(7-27)34-24(21)19(26)9-29-34/h4-5,9,14-16,23,28H,6,8,10-13H2,1-3H3/t14-,15+,16+,23+/m0/s1. The van der Waals surface area contributed by atoms with Gasteiger partial charge in [-0.25, -0.2) is 8.91 Å². The summed E-state index contributed by atoms with van der Waals surface area (Å²) in [5, 5.41) is 21.7. The second-order valence-electron chi connectivity index (χ2n) is 10.1. The second kappa shape index (κ2) is 8.57. The maximum atomic E-state index is 14.7. The number of nitrogens with zero attached hydrogens (tertiary/aromatic N) is 7. The Morgan fingerprint density at radius 1 is 1.22 bits per heavy atom. The number of ether oxygens (including phenoxy) is 1. The highest BCUT2D eigenvalue weighted by Crippen LogP contribution is 2.35. The number of fused-ring (bicyclic) bond motifs is 4. The number of nitriles is 1. The van der Waals surface area contributed by atoms with Gasteiger partial charge in [-0.2, -0.15) is 15.5 Å². The van der Waals surface area contributed by atoms with Crippen LogP contribution >= 0.6 is 0 Å². The number of amides is 1. The van der Waals surface area contributed by atoms with Crippen LogP contribution in [0.5, 0.6) is 0 Å². The van der Waals surface area contributed by atoms with Crippen LogP contribution in [0.2, 0.25) is 0 Å². The molecule has 1 fully saturated rings. The summed E-state index contributed by atoms with van der Waals surface area (Å²) in [6, 6.07) is 5.61. The molecule has 1 amide bonds. The third-order valence-corrected chi connectivity index (χ3v) is 7.56. The minimum absolute atomic E-state index is 0.00373. The van der Waals surface area contributed by atoms with Gasteiger partial charge in [0.15, 0.2) is 5.82 Å². The SMILES string of the molecule is C[C@@H]1CNC[C@H](C(=O)N2Cc3nn4c(c3C[C@@H]2C)CN(c2ccc(C#N)n3ncc(F)c23)C[C@H]4C)O1. The third-order valence-electron chi connectivity index (χ3n) is 7.56. The molecule has 0 saturated carbocycles. The minimum atomic E-state index is -0.478. The van der Waals surface area contributed by atoms with E-state index in [1.54, 1.807) is 12.1 Å². The Labute approximate surface area is 208 Å². The summed E-state index contributed by atoms with van der Waals surface area (Å²) in [6.07, 6.45) is 1.38. The fraction of sp³-hybridized carbons (Fsp3) is 0.520. The summed E-state index contributed by atoms with van der Waals surface area (Å²) in [7, 11) is 0. The Morgan fingerprint density at radius 3 is 2.83 bits per heavy atom. The van der Waals surface area contributed by atoms with Crippen LogP contribution in [0.4, 0.5) is 10.1 Å². The normalized spacial score (nSPS) is 26.0. The fourth-order valence-corrected chi connectivity index (χ4v) is 5.81. The van der Waals surface area contributed by atoms with Crippen LogP contribution in [0.15, 0.2) is 18.3 Å². The predicted molar refractivity (Wildman–Crippen MR) is 129 cm³/mol. The molecule has 11 heteroatoms. The van der Waals surface area contributed by atoms with Crippen molar-refractivity contribution in [3.63, 3.8) is 0 Å². The van der Waals surface area contributed by atoms with Crippen molar-refractivity contribution in [1.29, 1.82) is 5.26 Å². The maximum Gasteiger partial charge on any atom is 0.253 e. The van der Waals surface area contributed by atoms with Gasteiger partial charge in [0.05, 0.1) is 48.5 Å². The minimum Gasteiger partial charge on any atom is -0.363 e. The van der Waals surface area contributed by atoms with E-state index >= 15 is 0 Å². The van der Waals surface area contributed by atoms with Gasteiger partial charge < -0.3 is 19.9 Å². The quantitative estimate of drug-likeness (QED) is 0.582. The van der Waals surface area contributed by atoms with Crippen LogP contribution in [0.1, 0.15) is 49.5 Å². The first-order chi connectivity index (χ1) is 17.4. The molecule has 0 aliphatic carbocycles. The van der Waals surface area contributed by atoms with Crippen molar-refractivity contribution < 1.29 is 13.9 Å². The van der Waals surface area contributed by atoms with Crippen molar-refractivity contribution in [2.75, 3.05) is 24.5 Å². The highest BCUT2D eigenvalue weighted by atomic mass is 19.1. The van der Waals surface area contributed by atoms with Gasteiger partial charge in [-0.15, -0.1) is 0 Å². The number of carbonyl (C=O) groups excluding carboxylic acids is 1. The number of nitrogens with one attached hydrogen (secondary N) is 1. The average Bonchev–Trinajstić information content (AvgIpc) is 3.43. The van der Waals surface area contributed by atoms with Crippen LogP contribution in [-0.2, 0) is 29.0 Å². The van der Waals surface area contributed by atoms with Gasteiger partial charge in [0, 0.05) is 31.2 Å². The number of halogens is 1. The molecule has 0 radical (unpaired) electrons. The summed E-state index contributed by atoms with van der Waals surface area (Å²) < 4.78 is 24.1. The number of carbonyl (C=O) groups is 1. The first-order valence-corrected chi connectivity index (χ1v) is 12.4. The Balaban J connectivity index is 1.31. The first-order valence-electron chi connectivity index (χ1n) is 12.4. The number of aromatic nitrogens is 4. The number of hydrogen-bond donors (Lipinski definition) is 1. The van der Waals surface area contributed by atoms with E-state index in [1.807, 2.05) is 11.8 Å². The summed E-state index contributed by atoms with van der Waals surface area (Å²) in [5.74, 6) is -0.448. The van der Waals surface area contributed by atoms with Gasteiger partial charge in [0.25, 0.3) is 5.91 Å². The van der Waals surface area contributed by atoms with E-state index in [2.05, 4.69) is 39.9 Å². The molecule has 0 unspecified atom stereocenters. The van der Waals surface area contributed by atoms with Gasteiger partial charge in [0.2, 0.25) is 0 Å². The molecule has 36 heavy (non-hydrogen) atoms. The van der Waals surface area contributed by atoms with E-state index in [0.717, 1.165) is 29.7 Å². The molecule has 0 spiro atoms. The van der Waals surface area contributed by atoms with Gasteiger partial charge in [0.1, 0.15) is 23.4 Å². The topological polar surface area (TPSA) is 104 Å². The largest absolute Gasteiger partial charge is 0.363 e. The van der Waals surface area contributed by atoms with Crippen molar-refractivity contribution >= 4 is 17.1 Å². The average molecular weight is 493 g/mol. The number of anilines is 1. The summed E-state index contributed by atoms with van der Waals surface area (Å²) >= 11 is 0. The lowest BCUT2D eigenvalue weighted by Crippen LogP contribution is -2.54. The van der Waals surface area contributed by atoms with E-state index in [-0.39, 0.29) is 29.8 Å². The first kappa shape index (κ1) is 22.9. The zero-order chi connectivity index (χ0) is 25.1. The molecule has 6 heterocycles. The lowest BCUT2D eigenvalue weighted by Gasteiger charge is -2.38. The maximum absolute atomic E-state index is 14.7. The van der Waals surface area contributed by atoms with Gasteiger partial charge >= 0.3 is 0 Å². The number of rotatable bonds is 2. The molecule has 1 saturated heterocycles. The predicted octanol–water partition coefficient (Wildman–Crippen LogP) is 1.77. The fourth-order valence-electron chi connectivity index (χ4n) is 5.81. The van der Waals surface area contributed by atoms with E-state index < -0.39 is 11.9 Å². The second-order valence-corrected chi connectivity index (χ2v) is 10.1. The zero-order valence-electron chi connectivity index (χ0n) is 20.6. The van der Waals surface area contributed by atoms with Gasteiger partial charge in [-0.05, 0) is 39.3 Å². The lowest BCUT2D eigenvalue weighted by molar-refractivity contribution is -0.152. The highest BCUT2D eigenvalue weighted by molar-refractivity contribution is 5.82. The molecule has 3 aliphatic rings. The summed E-state index contributed by atoms with van der Waals surface area (Å²) in [6.45, 7) is 9.06. The summed E-state index contributed by atoms with van der Waals surface area (Å²) in [5.41, 5.74) is 4.47. The van der Waals surface area contributed by atoms with E-state index in [4.69, 9.17) is 9.84 Å². The highest BCUT2D eigenvalue weighted by Gasteiger charge is 2.38. The Bertz CT molecular complexity index is 1390. The van der Waals surface area contributed by atoms with E-state index in [9.17, 15) is 14.4 Å². The molecule has 10 nitrogen and oxygen atoms in total. The van der Waals surface area contributed by atoms with Gasteiger partial charge in [-0.1, -0.05) is 0 Å². The molecule has 3 aliphatic heterocycles. The molecule has 1 N–H and O–H groups in total. The number of hydrogen-bond acceptors (Lipinski definition) is 7. The third kappa shape index (κ3) is 3.55. The van der Waals surface area contributed by atoms with Crippen molar-refractivity contribution in [2.24, 2.45) is 0 Å². The monoisotopic (exact) mass is 492 g/mol. The number of pyridine rings is 1. The van der Waals surface area contributed by atoms with Crippen LogP contribution in [0.3, 0.4) is 0 Å². The molecule has 6 rings (SSSR count). The smallest absolute Gasteiger partial charge is 0.253 e. The van der Waals surface area contributed by atoms with Crippen molar-refractivity contribution in [2.45, 2.75) is 64.6 Å². The Morgan fingerprint density at radius 2 is 2.06 bits per heavy atom. The lowest BCUT2D eigenvalue weighted by atomic mass is 9.96. The van der Waals surface area contributed by atoms with Crippen LogP contribution in [0, 0.1) is 17.1 Å². The van der Waals surface area contributed by atoms with E-state index in [0.29, 0.717) is 43.8 Å². The summed E-state index contributed by atoms with van der Waals surface area (Å²) in [4.78, 5) is 17.3. The van der Waals surface area contributed by atoms with Crippen LogP contribution < -0.4 is 10.2 Å². The zero-order valence-corrected chi connectivity index (χ0v) is 20.6. The number of morpholine rings is 1. The van der Waals surface area contributed by atoms with Crippen LogP contribution in [0.25, 0.3) is 5.52 Å². The van der Waals surface area contributed by atoms with Crippen LogP contribution in [-0.4, -0.2) is 68.1 Å². The molecular formula is C25H29FN8O2. The van der Waals surface area contributed by atoms with E-state index in [1.165, 1.54) is 4.52 Å². The molecule has 3 aromatic rings. The van der Waals surface area contributed by atoms with Crippen molar-refractivity contribution in [1.82, 2.24) is 29.6 Å². The van der Waals surface area contributed by atoms with Gasteiger partial charge in [-0.3, -0.25) is 9.48 Å².